The minimum Gasteiger partial charge on any atom is -0.507 e. The average molecular weight is 341 g/mol. The fourth-order valence-electron chi connectivity index (χ4n) is 3.20. The summed E-state index contributed by atoms with van der Waals surface area (Å²) in [4.78, 5) is 12.2. The van der Waals surface area contributed by atoms with E-state index in [9.17, 15) is 9.90 Å². The van der Waals surface area contributed by atoms with Crippen molar-refractivity contribution in [2.75, 3.05) is 5.32 Å². The highest BCUT2D eigenvalue weighted by Gasteiger charge is 2.08. The van der Waals surface area contributed by atoms with Crippen molar-refractivity contribution in [1.82, 2.24) is 0 Å². The van der Waals surface area contributed by atoms with Gasteiger partial charge >= 0.3 is 0 Å². The number of benzene rings is 2. The van der Waals surface area contributed by atoms with Gasteiger partial charge in [0.15, 0.2) is 0 Å². The topological polar surface area (TPSA) is 49.3 Å². The van der Waals surface area contributed by atoms with E-state index in [0.717, 1.165) is 29.3 Å². The van der Waals surface area contributed by atoms with Gasteiger partial charge in [-0.1, -0.05) is 82.6 Å². The van der Waals surface area contributed by atoms with E-state index >= 15 is 0 Å². The molecule has 0 atom stereocenters. The van der Waals surface area contributed by atoms with Crippen LogP contribution in [0.3, 0.4) is 0 Å². The van der Waals surface area contributed by atoms with Crippen LogP contribution in [-0.4, -0.2) is 11.0 Å². The quantitative estimate of drug-likeness (QED) is 0.367. The van der Waals surface area contributed by atoms with Gasteiger partial charge in [-0.2, -0.15) is 0 Å². The van der Waals surface area contributed by atoms with Crippen LogP contribution < -0.4 is 5.32 Å². The van der Waals surface area contributed by atoms with Crippen molar-refractivity contribution in [2.45, 2.75) is 71.1 Å². The molecule has 25 heavy (non-hydrogen) atoms. The molecule has 3 heteroatoms. The number of phenols is 1. The van der Waals surface area contributed by atoms with Gasteiger partial charge in [0.1, 0.15) is 5.75 Å². The Labute approximate surface area is 151 Å². The molecule has 0 radical (unpaired) electrons. The van der Waals surface area contributed by atoms with Gasteiger partial charge in [0.2, 0.25) is 5.91 Å². The van der Waals surface area contributed by atoms with Crippen LogP contribution >= 0.6 is 0 Å². The summed E-state index contributed by atoms with van der Waals surface area (Å²) in [5.74, 6) is 0.298. The predicted octanol–water partition coefficient (Wildman–Crippen LogP) is 6.40. The second kappa shape index (κ2) is 10.8. The van der Waals surface area contributed by atoms with Gasteiger partial charge in [0.25, 0.3) is 0 Å². The zero-order valence-electron chi connectivity index (χ0n) is 15.4. The number of anilines is 1. The molecule has 0 saturated carbocycles. The van der Waals surface area contributed by atoms with E-state index in [-0.39, 0.29) is 11.7 Å². The minimum absolute atomic E-state index is 0.0544. The normalized spacial score (nSPS) is 10.9. The van der Waals surface area contributed by atoms with E-state index < -0.39 is 0 Å². The molecule has 0 aromatic heterocycles. The average Bonchev–Trinajstić information content (AvgIpc) is 2.63. The number of amides is 1. The van der Waals surface area contributed by atoms with Crippen LogP contribution in [0.5, 0.6) is 5.75 Å². The Balaban J connectivity index is 1.69. The molecule has 2 rings (SSSR count). The number of unbranched alkanes of at least 4 members (excludes halogenated alkanes) is 8. The first-order valence-corrected chi connectivity index (χ1v) is 9.73. The van der Waals surface area contributed by atoms with Crippen LogP contribution in [0.2, 0.25) is 0 Å². The van der Waals surface area contributed by atoms with E-state index in [1.165, 1.54) is 44.9 Å². The Bertz CT molecular complexity index is 666. The number of carbonyl (C=O) groups is 1. The maximum Gasteiger partial charge on any atom is 0.224 e. The number of aromatic hydroxyl groups is 1. The van der Waals surface area contributed by atoms with Gasteiger partial charge in [-0.3, -0.25) is 4.79 Å². The van der Waals surface area contributed by atoms with Crippen LogP contribution in [0.4, 0.5) is 5.69 Å². The number of nitrogens with one attached hydrogen (secondary N) is 1. The fraction of sp³-hybridized carbons (Fsp3) is 0.500. The van der Waals surface area contributed by atoms with E-state index in [1.54, 1.807) is 12.1 Å². The van der Waals surface area contributed by atoms with Crippen molar-refractivity contribution in [3.05, 3.63) is 36.4 Å². The van der Waals surface area contributed by atoms with Crippen molar-refractivity contribution >= 4 is 22.4 Å². The Morgan fingerprint density at radius 3 is 2.12 bits per heavy atom. The minimum atomic E-state index is 0.0544. The van der Waals surface area contributed by atoms with E-state index in [2.05, 4.69) is 12.2 Å². The van der Waals surface area contributed by atoms with Gasteiger partial charge in [-0.05, 0) is 18.6 Å². The van der Waals surface area contributed by atoms with E-state index in [1.807, 2.05) is 24.3 Å². The van der Waals surface area contributed by atoms with Crippen LogP contribution in [0, 0.1) is 0 Å². The van der Waals surface area contributed by atoms with Crippen molar-refractivity contribution in [3.63, 3.8) is 0 Å². The third kappa shape index (κ3) is 6.41. The molecule has 0 fully saturated rings. The summed E-state index contributed by atoms with van der Waals surface area (Å²) in [6.45, 7) is 2.24. The molecule has 2 aromatic rings. The SMILES string of the molecule is CCCCCCCCCCCC(=O)Nc1ccc(O)c2ccccc12. The summed E-state index contributed by atoms with van der Waals surface area (Å²) in [5, 5.41) is 14.5. The predicted molar refractivity (Wildman–Crippen MR) is 106 cm³/mol. The molecule has 0 bridgehead atoms. The third-order valence-corrected chi connectivity index (χ3v) is 4.68. The van der Waals surface area contributed by atoms with Crippen molar-refractivity contribution in [3.8, 4) is 5.75 Å². The Hall–Kier alpha value is -2.03. The molecule has 2 N–H and O–H groups in total. The molecule has 0 spiro atoms. The Morgan fingerprint density at radius 1 is 0.840 bits per heavy atom. The highest BCUT2D eigenvalue weighted by Crippen LogP contribution is 2.30. The van der Waals surface area contributed by atoms with Crippen molar-refractivity contribution in [2.24, 2.45) is 0 Å². The van der Waals surface area contributed by atoms with Crippen LogP contribution in [0.1, 0.15) is 71.1 Å². The maximum atomic E-state index is 12.2. The molecule has 0 unspecified atom stereocenters. The largest absolute Gasteiger partial charge is 0.507 e. The molecule has 1 amide bonds. The number of carbonyl (C=O) groups excluding carboxylic acids is 1. The first-order valence-electron chi connectivity index (χ1n) is 9.73. The molecule has 0 aliphatic carbocycles. The van der Waals surface area contributed by atoms with Crippen LogP contribution in [0.25, 0.3) is 10.8 Å². The third-order valence-electron chi connectivity index (χ3n) is 4.68. The van der Waals surface area contributed by atoms with Crippen molar-refractivity contribution in [1.29, 1.82) is 0 Å². The molecule has 136 valence electrons. The first-order chi connectivity index (χ1) is 12.2. The molecule has 0 aliphatic heterocycles. The first kappa shape index (κ1) is 19.3. The summed E-state index contributed by atoms with van der Waals surface area (Å²) in [7, 11) is 0. The Kier molecular flexibility index (Phi) is 8.30. The molecular weight excluding hydrogens is 310 g/mol. The number of hydrogen-bond donors (Lipinski definition) is 2. The van der Waals surface area contributed by atoms with Crippen LogP contribution in [0.15, 0.2) is 36.4 Å². The number of fused-ring (bicyclic) bond motifs is 1. The summed E-state index contributed by atoms with van der Waals surface area (Å²) >= 11 is 0. The van der Waals surface area contributed by atoms with Crippen LogP contribution in [-0.2, 0) is 4.79 Å². The van der Waals surface area contributed by atoms with Gasteiger partial charge in [0.05, 0.1) is 0 Å². The van der Waals surface area contributed by atoms with E-state index in [4.69, 9.17) is 0 Å². The number of phenolic OH excluding ortho intramolecular Hbond substituents is 1. The van der Waals surface area contributed by atoms with Gasteiger partial charge in [-0.25, -0.2) is 0 Å². The molecular formula is C22H31NO2. The summed E-state index contributed by atoms with van der Waals surface area (Å²) in [6.07, 6.45) is 11.8. The smallest absolute Gasteiger partial charge is 0.224 e. The fourth-order valence-corrected chi connectivity index (χ4v) is 3.20. The molecule has 2 aromatic carbocycles. The summed E-state index contributed by atoms with van der Waals surface area (Å²) in [6, 6.07) is 11.0. The molecule has 0 heterocycles. The highest BCUT2D eigenvalue weighted by atomic mass is 16.3. The lowest BCUT2D eigenvalue weighted by atomic mass is 10.1. The van der Waals surface area contributed by atoms with Gasteiger partial charge < -0.3 is 10.4 Å². The second-order valence-corrected chi connectivity index (χ2v) is 6.80. The van der Waals surface area contributed by atoms with Crippen molar-refractivity contribution < 1.29 is 9.90 Å². The zero-order chi connectivity index (χ0) is 17.9. The number of hydrogen-bond acceptors (Lipinski definition) is 2. The maximum absolute atomic E-state index is 12.2. The summed E-state index contributed by atoms with van der Waals surface area (Å²) in [5.41, 5.74) is 0.773. The van der Waals surface area contributed by atoms with E-state index in [0.29, 0.717) is 6.42 Å². The molecule has 0 saturated heterocycles. The summed E-state index contributed by atoms with van der Waals surface area (Å²) < 4.78 is 0. The lowest BCUT2D eigenvalue weighted by Gasteiger charge is -2.10. The second-order valence-electron chi connectivity index (χ2n) is 6.80. The molecule has 0 aliphatic rings. The monoisotopic (exact) mass is 341 g/mol. The lowest BCUT2D eigenvalue weighted by Crippen LogP contribution is -2.11. The highest BCUT2D eigenvalue weighted by molar-refractivity contribution is 6.04. The van der Waals surface area contributed by atoms with Gasteiger partial charge in [-0.15, -0.1) is 0 Å². The number of rotatable bonds is 11. The Morgan fingerprint density at radius 2 is 1.44 bits per heavy atom. The standard InChI is InChI=1S/C22H31NO2/c1-2-3-4-5-6-7-8-9-10-15-22(25)23-20-16-17-21(24)19-14-12-11-13-18(19)20/h11-14,16-17,24H,2-10,15H2,1H3,(H,23,25). The lowest BCUT2D eigenvalue weighted by molar-refractivity contribution is -0.116. The molecule has 3 nitrogen and oxygen atoms in total. The van der Waals surface area contributed by atoms with Gasteiger partial charge in [0, 0.05) is 22.9 Å². The zero-order valence-corrected chi connectivity index (χ0v) is 15.4.